The number of nitrogens with zero attached hydrogens (tertiary/aromatic N) is 2. The predicted octanol–water partition coefficient (Wildman–Crippen LogP) is -5.45. The maximum atomic E-state index is 14.3. The highest BCUT2D eigenvalue weighted by Gasteiger charge is 2.36. The molecule has 32 heteroatoms. The van der Waals surface area contributed by atoms with Crippen LogP contribution >= 0.6 is 0 Å². The number of unbranched alkanes of at least 4 members (excludes halogenated alkanes) is 1. The topological polar surface area (TPSA) is 569 Å². The standard InChI is InChI=1S/C51H82N16O14.C2H4O2/c1-26(2)39(66-42(73)33(53)9-7-21-58-50(54)55)47(78)61-34(11-8-22-59-51(56)57)43(74)60-27(3)41(72)63-37(24-30-14-18-32(71)19-15-30)45(76)67-40(28(4)69)48(79)64-36(23-29-12-16-31(70)17-13-29)44(75)65-38(25-68)46(77)62-35(49(80)81)10-5-6-20-52;1-2(3)4/h12-19,26-28,33-40,68-71H,5-11,20-25,52-53H2,1-4H3,(H,60,74)(H,61,78)(H,62,77)(H,63,72)(H,64,79)(H,65,75)(H,66,73)(H,67,76)(H,80,81)(H4,54,55,58)(H4,56,57,59);1H3,(H,3,4). The van der Waals surface area contributed by atoms with Crippen LogP contribution in [0.1, 0.15) is 90.7 Å². The lowest BCUT2D eigenvalue weighted by atomic mass is 10.0. The number of hydrogen-bond donors (Lipinski definition) is 20. The fourth-order valence-electron chi connectivity index (χ4n) is 7.72. The number of carboxylic acid groups (broad SMARTS) is 2. The average molecular weight is 1200 g/mol. The van der Waals surface area contributed by atoms with Gasteiger partial charge in [0.2, 0.25) is 47.3 Å². The molecule has 32 nitrogen and oxygen atoms in total. The van der Waals surface area contributed by atoms with E-state index in [4.69, 9.17) is 44.3 Å². The summed E-state index contributed by atoms with van der Waals surface area (Å²) in [5, 5.41) is 77.7. The van der Waals surface area contributed by atoms with Crippen molar-refractivity contribution in [3.05, 3.63) is 59.7 Å². The molecule has 0 aliphatic rings. The van der Waals surface area contributed by atoms with Crippen LogP contribution in [0.25, 0.3) is 0 Å². The monoisotopic (exact) mass is 1200 g/mol. The number of aromatic hydroxyl groups is 2. The molecule has 2 aromatic rings. The first kappa shape index (κ1) is 74.1. The third-order valence-corrected chi connectivity index (χ3v) is 12.3. The van der Waals surface area contributed by atoms with Gasteiger partial charge < -0.3 is 108 Å². The highest BCUT2D eigenvalue weighted by Crippen LogP contribution is 2.15. The van der Waals surface area contributed by atoms with E-state index >= 15 is 0 Å². The minimum Gasteiger partial charge on any atom is -0.508 e. The number of aliphatic imine (C=N–C) groups is 2. The normalized spacial score (nSPS) is 14.3. The Balaban J connectivity index is 0.00000873. The molecule has 8 amide bonds. The molecule has 0 bridgehead atoms. The van der Waals surface area contributed by atoms with E-state index in [9.17, 15) is 68.7 Å². The van der Waals surface area contributed by atoms with E-state index in [1.165, 1.54) is 55.5 Å². The van der Waals surface area contributed by atoms with Gasteiger partial charge in [0.15, 0.2) is 11.9 Å². The van der Waals surface area contributed by atoms with E-state index < -0.39 is 132 Å². The summed E-state index contributed by atoms with van der Waals surface area (Å²) in [5.41, 5.74) is 34.0. The largest absolute Gasteiger partial charge is 0.508 e. The maximum absolute atomic E-state index is 14.3. The van der Waals surface area contributed by atoms with Crippen LogP contribution < -0.4 is 76.9 Å². The van der Waals surface area contributed by atoms with Crippen molar-refractivity contribution in [1.82, 2.24) is 42.5 Å². The fourth-order valence-corrected chi connectivity index (χ4v) is 7.72. The number of amides is 8. The van der Waals surface area contributed by atoms with Gasteiger partial charge in [-0.25, -0.2) is 4.79 Å². The molecule has 0 saturated carbocycles. The van der Waals surface area contributed by atoms with Gasteiger partial charge in [-0.3, -0.25) is 53.1 Å². The quantitative estimate of drug-likeness (QED) is 0.0172. The Morgan fingerprint density at radius 1 is 0.494 bits per heavy atom. The van der Waals surface area contributed by atoms with Crippen LogP contribution in [0.2, 0.25) is 0 Å². The second kappa shape index (κ2) is 38.8. The van der Waals surface area contributed by atoms with Crippen LogP contribution in [-0.2, 0) is 60.8 Å². The molecular formula is C53H86N16O16. The van der Waals surface area contributed by atoms with Crippen LogP contribution in [0.15, 0.2) is 58.5 Å². The first-order chi connectivity index (χ1) is 39.9. The van der Waals surface area contributed by atoms with Gasteiger partial charge in [-0.1, -0.05) is 38.1 Å². The summed E-state index contributed by atoms with van der Waals surface area (Å²) >= 11 is 0. The summed E-state index contributed by atoms with van der Waals surface area (Å²) in [6, 6.07) is -2.27. The van der Waals surface area contributed by atoms with Crippen molar-refractivity contribution in [2.45, 2.75) is 153 Å². The first-order valence-corrected chi connectivity index (χ1v) is 27.2. The molecule has 0 aromatic heterocycles. The number of phenolic OH excluding ortho intramolecular Hbond substituents is 2. The van der Waals surface area contributed by atoms with Crippen LogP contribution in [-0.4, -0.2) is 188 Å². The van der Waals surface area contributed by atoms with Gasteiger partial charge in [-0.15, -0.1) is 0 Å². The molecule has 85 heavy (non-hydrogen) atoms. The lowest BCUT2D eigenvalue weighted by Crippen LogP contribution is -2.62. The molecule has 10 unspecified atom stereocenters. The number of nitrogens with two attached hydrogens (primary N) is 6. The summed E-state index contributed by atoms with van der Waals surface area (Å²) in [7, 11) is 0. The Bertz CT molecular complexity index is 2560. The number of hydrogen-bond acceptors (Lipinski definition) is 18. The lowest BCUT2D eigenvalue weighted by molar-refractivity contribution is -0.143. The molecule has 10 atom stereocenters. The lowest BCUT2D eigenvalue weighted by Gasteiger charge is -2.28. The third kappa shape index (κ3) is 29.8. The second-order valence-electron chi connectivity index (χ2n) is 20.1. The van der Waals surface area contributed by atoms with Crippen molar-refractivity contribution in [1.29, 1.82) is 0 Å². The Hall–Kier alpha value is -8.88. The summed E-state index contributed by atoms with van der Waals surface area (Å²) in [4.78, 5) is 139. The van der Waals surface area contributed by atoms with Crippen molar-refractivity contribution >= 4 is 71.1 Å². The summed E-state index contributed by atoms with van der Waals surface area (Å²) in [6.45, 7) is 6.32. The number of aliphatic hydroxyl groups excluding tert-OH is 2. The molecular weight excluding hydrogens is 1120 g/mol. The van der Waals surface area contributed by atoms with Gasteiger partial charge in [-0.05, 0) is 107 Å². The van der Waals surface area contributed by atoms with Gasteiger partial charge in [0, 0.05) is 32.9 Å². The van der Waals surface area contributed by atoms with Crippen LogP contribution in [0, 0.1) is 5.92 Å². The molecule has 2 aromatic carbocycles. The number of aliphatic carboxylic acids is 2. The van der Waals surface area contributed by atoms with E-state index in [0.717, 1.165) is 13.8 Å². The van der Waals surface area contributed by atoms with Gasteiger partial charge in [0.1, 0.15) is 59.8 Å². The zero-order valence-corrected chi connectivity index (χ0v) is 48.3. The average Bonchev–Trinajstić information content (AvgIpc) is 3.56. The highest BCUT2D eigenvalue weighted by molar-refractivity contribution is 5.98. The number of nitrogens with one attached hydrogen (secondary N) is 8. The molecule has 2 rings (SSSR count). The first-order valence-electron chi connectivity index (χ1n) is 27.2. The smallest absolute Gasteiger partial charge is 0.326 e. The molecule has 0 radical (unpaired) electrons. The maximum Gasteiger partial charge on any atom is 0.326 e. The van der Waals surface area contributed by atoms with Crippen molar-refractivity contribution in [3.8, 4) is 11.5 Å². The fraction of sp³-hybridized carbons (Fsp3) is 0.547. The van der Waals surface area contributed by atoms with Gasteiger partial charge in [-0.2, -0.15) is 0 Å². The highest BCUT2D eigenvalue weighted by atomic mass is 16.4. The van der Waals surface area contributed by atoms with Crippen LogP contribution in [0.3, 0.4) is 0 Å². The Morgan fingerprint density at radius 3 is 1.33 bits per heavy atom. The SMILES string of the molecule is CC(=O)O.CC(NC(=O)C(CCCN=C(N)N)NC(=O)C(NC(=O)C(N)CCCN=C(N)N)C(C)C)C(=O)NC(Cc1ccc(O)cc1)C(=O)NC(C(=O)NC(Cc1ccc(O)cc1)C(=O)NC(CO)C(=O)NC(CCCCN)C(=O)O)C(C)O. The number of carbonyl (C=O) groups excluding carboxylic acids is 8. The molecule has 0 aliphatic heterocycles. The van der Waals surface area contributed by atoms with E-state index in [1.54, 1.807) is 13.8 Å². The molecule has 0 aliphatic carbocycles. The Labute approximate surface area is 491 Å². The van der Waals surface area contributed by atoms with E-state index in [-0.39, 0.29) is 81.6 Å². The zero-order valence-electron chi connectivity index (χ0n) is 48.3. The summed E-state index contributed by atoms with van der Waals surface area (Å²) in [5.74, 6) is -10.9. The van der Waals surface area contributed by atoms with Crippen LogP contribution in [0.5, 0.6) is 11.5 Å². The Morgan fingerprint density at radius 2 is 0.882 bits per heavy atom. The molecule has 0 saturated heterocycles. The number of benzene rings is 2. The second-order valence-corrected chi connectivity index (χ2v) is 20.1. The number of aliphatic hydroxyl groups is 2. The van der Waals surface area contributed by atoms with Gasteiger partial charge >= 0.3 is 5.97 Å². The van der Waals surface area contributed by atoms with E-state index in [2.05, 4.69) is 52.5 Å². The van der Waals surface area contributed by atoms with Crippen molar-refractivity contribution in [3.63, 3.8) is 0 Å². The van der Waals surface area contributed by atoms with Crippen molar-refractivity contribution in [2.75, 3.05) is 26.2 Å². The van der Waals surface area contributed by atoms with E-state index in [1.807, 2.05) is 0 Å². The number of phenols is 2. The van der Waals surface area contributed by atoms with Gasteiger partial charge in [0.25, 0.3) is 5.97 Å². The number of carboxylic acids is 2. The van der Waals surface area contributed by atoms with Crippen molar-refractivity contribution in [2.24, 2.45) is 50.3 Å². The van der Waals surface area contributed by atoms with Gasteiger partial charge in [0.05, 0.1) is 18.8 Å². The minimum absolute atomic E-state index is 0.0107. The molecule has 0 fully saturated rings. The Kier molecular flexibility index (Phi) is 33.8. The molecule has 0 spiro atoms. The zero-order chi connectivity index (χ0) is 64.5. The molecule has 0 heterocycles. The van der Waals surface area contributed by atoms with Crippen LogP contribution in [0.4, 0.5) is 0 Å². The minimum atomic E-state index is -1.86. The van der Waals surface area contributed by atoms with E-state index in [0.29, 0.717) is 30.4 Å². The summed E-state index contributed by atoms with van der Waals surface area (Å²) < 4.78 is 0. The predicted molar refractivity (Wildman–Crippen MR) is 310 cm³/mol. The third-order valence-electron chi connectivity index (χ3n) is 12.3. The number of rotatable bonds is 36. The summed E-state index contributed by atoms with van der Waals surface area (Å²) in [6.07, 6.45) is -0.915. The number of carbonyl (C=O) groups is 10. The van der Waals surface area contributed by atoms with Crippen molar-refractivity contribution < 1.29 is 78.6 Å². The molecule has 474 valence electrons. The molecule has 26 N–H and O–H groups in total. The number of guanidine groups is 2.